The van der Waals surface area contributed by atoms with E-state index < -0.39 is 0 Å². The van der Waals surface area contributed by atoms with Crippen molar-refractivity contribution in [3.05, 3.63) is 0 Å². The summed E-state index contributed by atoms with van der Waals surface area (Å²) < 4.78 is 5.15. The molecule has 1 saturated carbocycles. The number of nitrogens with one attached hydrogen (secondary N) is 1. The molecule has 5 heteroatoms. The van der Waals surface area contributed by atoms with Crippen LogP contribution in [-0.2, 0) is 9.53 Å². The fourth-order valence-electron chi connectivity index (χ4n) is 2.86. The average molecular weight is 277 g/mol. The number of carbonyl (C=O) groups is 1. The van der Waals surface area contributed by atoms with E-state index >= 15 is 0 Å². The molecule has 0 radical (unpaired) electrons. The number of halogens is 1. The van der Waals surface area contributed by atoms with Crippen LogP contribution in [0.1, 0.15) is 32.1 Å². The van der Waals surface area contributed by atoms with Crippen molar-refractivity contribution < 1.29 is 9.53 Å². The maximum atomic E-state index is 12.6. The number of carbonyl (C=O) groups excluding carboxylic acids is 1. The highest BCUT2D eigenvalue weighted by Gasteiger charge is 2.45. The van der Waals surface area contributed by atoms with Gasteiger partial charge in [0, 0.05) is 33.4 Å². The van der Waals surface area contributed by atoms with E-state index in [4.69, 9.17) is 4.74 Å². The molecule has 2 fully saturated rings. The lowest BCUT2D eigenvalue weighted by molar-refractivity contribution is -0.148. The number of methoxy groups -OCH3 is 1. The van der Waals surface area contributed by atoms with Crippen molar-refractivity contribution in [2.45, 2.75) is 32.1 Å². The van der Waals surface area contributed by atoms with Gasteiger partial charge in [0.15, 0.2) is 0 Å². The number of nitrogens with zero attached hydrogens (tertiary/aromatic N) is 1. The molecule has 2 rings (SSSR count). The lowest BCUT2D eigenvalue weighted by Gasteiger charge is -2.43. The molecule has 0 aromatic rings. The maximum absolute atomic E-state index is 12.6. The Balaban J connectivity index is 0.00000162. The lowest BCUT2D eigenvalue weighted by atomic mass is 9.65. The van der Waals surface area contributed by atoms with Gasteiger partial charge in [-0.3, -0.25) is 4.79 Å². The van der Waals surface area contributed by atoms with Crippen molar-refractivity contribution in [1.82, 2.24) is 10.2 Å². The third-order valence-corrected chi connectivity index (χ3v) is 4.18. The zero-order valence-corrected chi connectivity index (χ0v) is 12.1. The van der Waals surface area contributed by atoms with Crippen LogP contribution in [0.3, 0.4) is 0 Å². The predicted molar refractivity (Wildman–Crippen MR) is 74.1 cm³/mol. The van der Waals surface area contributed by atoms with Crippen LogP contribution in [0.25, 0.3) is 0 Å². The third kappa shape index (κ3) is 3.37. The Hall–Kier alpha value is -0.320. The summed E-state index contributed by atoms with van der Waals surface area (Å²) in [5.41, 5.74) is -0.0830. The largest absolute Gasteiger partial charge is 0.385 e. The SMILES string of the molecule is COCCC1(C(=O)N2CCCNCC2)CCC1.Cl. The quantitative estimate of drug-likeness (QED) is 0.845. The first-order valence-electron chi connectivity index (χ1n) is 6.77. The summed E-state index contributed by atoms with van der Waals surface area (Å²) in [6.45, 7) is 4.47. The van der Waals surface area contributed by atoms with Gasteiger partial charge in [0.2, 0.25) is 5.91 Å². The minimum absolute atomic E-state index is 0. The summed E-state index contributed by atoms with van der Waals surface area (Å²) >= 11 is 0. The Bertz CT molecular complexity index is 262. The molecule has 4 nitrogen and oxygen atoms in total. The topological polar surface area (TPSA) is 41.6 Å². The second-order valence-electron chi connectivity index (χ2n) is 5.27. The van der Waals surface area contributed by atoms with Crippen LogP contribution in [0, 0.1) is 5.41 Å². The van der Waals surface area contributed by atoms with Crippen molar-refractivity contribution >= 4 is 18.3 Å². The molecular formula is C13H25ClN2O2. The lowest BCUT2D eigenvalue weighted by Crippen LogP contribution is -2.49. The summed E-state index contributed by atoms with van der Waals surface area (Å²) in [4.78, 5) is 14.7. The van der Waals surface area contributed by atoms with Gasteiger partial charge in [-0.25, -0.2) is 0 Å². The molecule has 0 atom stereocenters. The Morgan fingerprint density at radius 1 is 1.28 bits per heavy atom. The van der Waals surface area contributed by atoms with Crippen LogP contribution in [0.15, 0.2) is 0 Å². The molecule has 1 heterocycles. The van der Waals surface area contributed by atoms with E-state index in [9.17, 15) is 4.79 Å². The highest BCUT2D eigenvalue weighted by molar-refractivity contribution is 5.85. The zero-order valence-electron chi connectivity index (χ0n) is 11.2. The smallest absolute Gasteiger partial charge is 0.228 e. The van der Waals surface area contributed by atoms with E-state index in [0.717, 1.165) is 51.9 Å². The standard InChI is InChI=1S/C13H24N2O2.ClH/c1-17-11-6-13(4-2-5-13)12(16)15-9-3-7-14-8-10-15;/h14H,2-11H2,1H3;1H. The molecule has 18 heavy (non-hydrogen) atoms. The minimum Gasteiger partial charge on any atom is -0.385 e. The van der Waals surface area contributed by atoms with Crippen LogP contribution >= 0.6 is 12.4 Å². The molecule has 0 spiro atoms. The van der Waals surface area contributed by atoms with Crippen molar-refractivity contribution in [3.8, 4) is 0 Å². The average Bonchev–Trinajstić information content (AvgIpc) is 2.56. The molecule has 0 unspecified atom stereocenters. The molecule has 1 aliphatic carbocycles. The van der Waals surface area contributed by atoms with Crippen LogP contribution in [-0.4, -0.2) is 50.7 Å². The van der Waals surface area contributed by atoms with Crippen molar-refractivity contribution in [2.24, 2.45) is 5.41 Å². The molecule has 0 aromatic heterocycles. The van der Waals surface area contributed by atoms with Gasteiger partial charge in [0.1, 0.15) is 0 Å². The summed E-state index contributed by atoms with van der Waals surface area (Å²) in [6, 6.07) is 0. The highest BCUT2D eigenvalue weighted by Crippen LogP contribution is 2.45. The molecule has 2 aliphatic rings. The first kappa shape index (κ1) is 15.7. The number of hydrogen-bond donors (Lipinski definition) is 1. The van der Waals surface area contributed by atoms with Gasteiger partial charge in [-0.1, -0.05) is 6.42 Å². The van der Waals surface area contributed by atoms with Gasteiger partial charge < -0.3 is 15.0 Å². The van der Waals surface area contributed by atoms with E-state index in [0.29, 0.717) is 12.5 Å². The number of ether oxygens (including phenoxy) is 1. The number of amides is 1. The predicted octanol–water partition coefficient (Wildman–Crippen LogP) is 1.44. The molecule has 0 bridgehead atoms. The van der Waals surface area contributed by atoms with Gasteiger partial charge >= 0.3 is 0 Å². The second-order valence-corrected chi connectivity index (χ2v) is 5.27. The van der Waals surface area contributed by atoms with Crippen molar-refractivity contribution in [3.63, 3.8) is 0 Å². The van der Waals surface area contributed by atoms with Crippen LogP contribution in [0.5, 0.6) is 0 Å². The molecule has 1 saturated heterocycles. The molecule has 1 N–H and O–H groups in total. The molecule has 1 aliphatic heterocycles. The van der Waals surface area contributed by atoms with Crippen molar-refractivity contribution in [2.75, 3.05) is 39.9 Å². The molecule has 1 amide bonds. The Morgan fingerprint density at radius 2 is 2.06 bits per heavy atom. The normalized spacial score (nSPS) is 22.6. The summed E-state index contributed by atoms with van der Waals surface area (Å²) in [7, 11) is 1.71. The summed E-state index contributed by atoms with van der Waals surface area (Å²) in [5.74, 6) is 0.379. The molecular weight excluding hydrogens is 252 g/mol. The Labute approximate surface area is 116 Å². The fourth-order valence-corrected chi connectivity index (χ4v) is 2.86. The fraction of sp³-hybridized carbons (Fsp3) is 0.923. The second kappa shape index (κ2) is 7.31. The summed E-state index contributed by atoms with van der Waals surface area (Å²) in [5, 5.41) is 3.34. The highest BCUT2D eigenvalue weighted by atomic mass is 35.5. The van der Waals surface area contributed by atoms with E-state index in [1.54, 1.807) is 7.11 Å². The Morgan fingerprint density at radius 3 is 2.67 bits per heavy atom. The summed E-state index contributed by atoms with van der Waals surface area (Å²) in [6.07, 6.45) is 5.28. The van der Waals surface area contributed by atoms with E-state index in [2.05, 4.69) is 10.2 Å². The van der Waals surface area contributed by atoms with Gasteiger partial charge in [-0.05, 0) is 32.2 Å². The van der Waals surface area contributed by atoms with Crippen LogP contribution < -0.4 is 5.32 Å². The molecule has 106 valence electrons. The zero-order chi connectivity index (χ0) is 12.1. The van der Waals surface area contributed by atoms with E-state index in [-0.39, 0.29) is 17.8 Å². The van der Waals surface area contributed by atoms with Gasteiger partial charge in [-0.2, -0.15) is 0 Å². The monoisotopic (exact) mass is 276 g/mol. The van der Waals surface area contributed by atoms with Crippen LogP contribution in [0.4, 0.5) is 0 Å². The third-order valence-electron chi connectivity index (χ3n) is 4.18. The van der Waals surface area contributed by atoms with Gasteiger partial charge in [-0.15, -0.1) is 12.4 Å². The molecule has 0 aromatic carbocycles. The minimum atomic E-state index is -0.0830. The van der Waals surface area contributed by atoms with Gasteiger partial charge in [0.25, 0.3) is 0 Å². The van der Waals surface area contributed by atoms with Crippen LogP contribution in [0.2, 0.25) is 0 Å². The number of rotatable bonds is 4. The van der Waals surface area contributed by atoms with E-state index in [1.807, 2.05) is 0 Å². The first-order chi connectivity index (χ1) is 8.28. The van der Waals surface area contributed by atoms with E-state index in [1.165, 1.54) is 6.42 Å². The maximum Gasteiger partial charge on any atom is 0.228 e. The van der Waals surface area contributed by atoms with Gasteiger partial charge in [0.05, 0.1) is 5.41 Å². The number of hydrogen-bond acceptors (Lipinski definition) is 3. The van der Waals surface area contributed by atoms with Crippen molar-refractivity contribution in [1.29, 1.82) is 0 Å². The Kier molecular flexibility index (Phi) is 6.39. The first-order valence-corrected chi connectivity index (χ1v) is 6.77.